The van der Waals surface area contributed by atoms with Gasteiger partial charge in [-0.3, -0.25) is 14.4 Å². The van der Waals surface area contributed by atoms with Crippen LogP contribution >= 0.6 is 0 Å². The molecule has 128 valence electrons. The van der Waals surface area contributed by atoms with Crippen LogP contribution in [0.15, 0.2) is 30.3 Å². The lowest BCUT2D eigenvalue weighted by atomic mass is 9.82. The second kappa shape index (κ2) is 6.51. The first-order valence-electron chi connectivity index (χ1n) is 8.16. The molecule has 0 radical (unpaired) electrons. The number of benzene rings is 2. The van der Waals surface area contributed by atoms with Crippen molar-refractivity contribution in [3.05, 3.63) is 58.1 Å². The number of carbonyl (C=O) groups excluding carboxylic acids is 3. The maximum Gasteiger partial charge on any atom is 0.201 e. The van der Waals surface area contributed by atoms with Crippen LogP contribution in [0.5, 0.6) is 11.5 Å². The van der Waals surface area contributed by atoms with Gasteiger partial charge in [0.05, 0.1) is 24.3 Å². The molecule has 5 heteroatoms. The van der Waals surface area contributed by atoms with E-state index in [1.54, 1.807) is 25.1 Å². The molecule has 0 atom stereocenters. The molecule has 2 aromatic rings. The number of Topliss-reactive ketones (excluding diaryl/α,β-unsaturated/α-hetero) is 1. The van der Waals surface area contributed by atoms with Crippen LogP contribution < -0.4 is 9.47 Å². The van der Waals surface area contributed by atoms with Gasteiger partial charge in [-0.2, -0.15) is 0 Å². The molecule has 2 aromatic carbocycles. The third-order valence-electron chi connectivity index (χ3n) is 4.08. The van der Waals surface area contributed by atoms with Crippen LogP contribution in [-0.4, -0.2) is 30.6 Å². The maximum absolute atomic E-state index is 13.1. The zero-order valence-electron chi connectivity index (χ0n) is 14.3. The lowest BCUT2D eigenvalue weighted by molar-refractivity contribution is 0.0970. The third-order valence-corrected chi connectivity index (χ3v) is 4.08. The normalized spacial score (nSPS) is 12.4. The van der Waals surface area contributed by atoms with E-state index >= 15 is 0 Å². The van der Waals surface area contributed by atoms with E-state index in [9.17, 15) is 14.4 Å². The van der Waals surface area contributed by atoms with E-state index in [4.69, 9.17) is 9.47 Å². The first kappa shape index (κ1) is 16.9. The highest BCUT2D eigenvalue weighted by Crippen LogP contribution is 2.38. The molecule has 1 aliphatic rings. The van der Waals surface area contributed by atoms with Crippen LogP contribution in [0.3, 0.4) is 0 Å². The molecule has 0 aromatic heterocycles. The molecule has 0 saturated heterocycles. The van der Waals surface area contributed by atoms with Gasteiger partial charge in [-0.1, -0.05) is 12.1 Å². The number of fused-ring (bicyclic) bond motifs is 2. The maximum atomic E-state index is 13.1. The number of ether oxygens (including phenoxy) is 2. The highest BCUT2D eigenvalue weighted by molar-refractivity contribution is 6.30. The van der Waals surface area contributed by atoms with Crippen LogP contribution in [0.1, 0.15) is 63.0 Å². The molecule has 0 unspecified atom stereocenters. The van der Waals surface area contributed by atoms with E-state index in [0.29, 0.717) is 24.5 Å². The summed E-state index contributed by atoms with van der Waals surface area (Å²) in [5, 5.41) is 0. The summed E-state index contributed by atoms with van der Waals surface area (Å²) in [5.41, 5.74) is 1.26. The number of carbonyl (C=O) groups is 3. The minimum Gasteiger partial charge on any atom is -0.493 e. The Balaban J connectivity index is 2.29. The highest BCUT2D eigenvalue weighted by Gasteiger charge is 2.35. The van der Waals surface area contributed by atoms with Crippen molar-refractivity contribution in [3.8, 4) is 11.5 Å². The van der Waals surface area contributed by atoms with Crippen LogP contribution in [0, 0.1) is 0 Å². The molecule has 0 fully saturated rings. The molecule has 0 spiro atoms. The molecule has 0 amide bonds. The molecule has 1 aliphatic carbocycles. The predicted octanol–water partition coefficient (Wildman–Crippen LogP) is 3.46. The Hall–Kier alpha value is -2.95. The summed E-state index contributed by atoms with van der Waals surface area (Å²) in [7, 11) is 0. The van der Waals surface area contributed by atoms with Gasteiger partial charge in [0.1, 0.15) is 11.5 Å². The standard InChI is InChI=1S/C20H18O5/c1-4-24-15-8-6-7-13-17(15)20(23)18-14(19(13)22)9-12(11(3)21)10-16(18)25-5-2/h6-10H,4-5H2,1-3H3. The van der Waals surface area contributed by atoms with E-state index in [0.717, 1.165) is 0 Å². The Morgan fingerprint density at radius 3 is 2.16 bits per heavy atom. The Kier molecular flexibility index (Phi) is 4.40. The number of hydrogen-bond donors (Lipinski definition) is 0. The predicted molar refractivity (Wildman–Crippen MR) is 92.1 cm³/mol. The van der Waals surface area contributed by atoms with E-state index in [-0.39, 0.29) is 45.4 Å². The minimum absolute atomic E-state index is 0.191. The fraction of sp³-hybridized carbons (Fsp3) is 0.250. The van der Waals surface area contributed by atoms with Crippen molar-refractivity contribution in [3.63, 3.8) is 0 Å². The second-order valence-corrected chi connectivity index (χ2v) is 5.66. The fourth-order valence-corrected chi connectivity index (χ4v) is 3.00. The van der Waals surface area contributed by atoms with Crippen molar-refractivity contribution in [1.29, 1.82) is 0 Å². The van der Waals surface area contributed by atoms with Gasteiger partial charge < -0.3 is 9.47 Å². The lowest BCUT2D eigenvalue weighted by Crippen LogP contribution is -2.23. The Morgan fingerprint density at radius 1 is 0.880 bits per heavy atom. The van der Waals surface area contributed by atoms with Crippen molar-refractivity contribution in [2.24, 2.45) is 0 Å². The van der Waals surface area contributed by atoms with E-state index in [1.807, 2.05) is 6.92 Å². The molecule has 0 aliphatic heterocycles. The molecular formula is C20H18O5. The van der Waals surface area contributed by atoms with Crippen LogP contribution in [-0.2, 0) is 0 Å². The van der Waals surface area contributed by atoms with Gasteiger partial charge in [0.2, 0.25) is 5.78 Å². The summed E-state index contributed by atoms with van der Waals surface area (Å²) >= 11 is 0. The first-order chi connectivity index (χ1) is 12.0. The highest BCUT2D eigenvalue weighted by atomic mass is 16.5. The topological polar surface area (TPSA) is 69.7 Å². The zero-order chi connectivity index (χ0) is 18.1. The molecule has 5 nitrogen and oxygen atoms in total. The summed E-state index contributed by atoms with van der Waals surface area (Å²) in [6.07, 6.45) is 0. The smallest absolute Gasteiger partial charge is 0.201 e. The SMILES string of the molecule is CCOc1cccc2c1C(=O)c1c(OCC)cc(C(C)=O)cc1C2=O. The van der Waals surface area contributed by atoms with Gasteiger partial charge in [0, 0.05) is 16.7 Å². The Morgan fingerprint density at radius 2 is 1.52 bits per heavy atom. The molecule has 0 N–H and O–H groups in total. The van der Waals surface area contributed by atoms with Gasteiger partial charge in [-0.05, 0) is 39.0 Å². The van der Waals surface area contributed by atoms with Crippen molar-refractivity contribution < 1.29 is 23.9 Å². The summed E-state index contributed by atoms with van der Waals surface area (Å²) in [6, 6.07) is 7.93. The number of ketones is 3. The summed E-state index contributed by atoms with van der Waals surface area (Å²) < 4.78 is 11.1. The van der Waals surface area contributed by atoms with Crippen LogP contribution in [0.25, 0.3) is 0 Å². The van der Waals surface area contributed by atoms with E-state index in [1.165, 1.54) is 19.1 Å². The summed E-state index contributed by atoms with van der Waals surface area (Å²) in [6.45, 7) is 5.70. The monoisotopic (exact) mass is 338 g/mol. The van der Waals surface area contributed by atoms with Crippen molar-refractivity contribution in [2.45, 2.75) is 20.8 Å². The van der Waals surface area contributed by atoms with Crippen molar-refractivity contribution in [2.75, 3.05) is 13.2 Å². The largest absolute Gasteiger partial charge is 0.493 e. The van der Waals surface area contributed by atoms with Gasteiger partial charge in [0.25, 0.3) is 0 Å². The average Bonchev–Trinajstić information content (AvgIpc) is 2.59. The van der Waals surface area contributed by atoms with Crippen LogP contribution in [0.2, 0.25) is 0 Å². The van der Waals surface area contributed by atoms with E-state index in [2.05, 4.69) is 0 Å². The van der Waals surface area contributed by atoms with Crippen molar-refractivity contribution >= 4 is 17.3 Å². The quantitative estimate of drug-likeness (QED) is 0.666. The van der Waals surface area contributed by atoms with Crippen LogP contribution in [0.4, 0.5) is 0 Å². The zero-order valence-corrected chi connectivity index (χ0v) is 14.3. The molecule has 0 saturated carbocycles. The Labute approximate surface area is 145 Å². The van der Waals surface area contributed by atoms with Crippen molar-refractivity contribution in [1.82, 2.24) is 0 Å². The number of hydrogen-bond acceptors (Lipinski definition) is 5. The molecule has 0 heterocycles. The minimum atomic E-state index is -0.327. The molecule has 0 bridgehead atoms. The number of rotatable bonds is 5. The van der Waals surface area contributed by atoms with E-state index < -0.39 is 0 Å². The lowest BCUT2D eigenvalue weighted by Gasteiger charge is -2.22. The summed E-state index contributed by atoms with van der Waals surface area (Å²) in [5.74, 6) is -0.206. The van der Waals surface area contributed by atoms with Gasteiger partial charge >= 0.3 is 0 Å². The van der Waals surface area contributed by atoms with Gasteiger partial charge in [-0.15, -0.1) is 0 Å². The average molecular weight is 338 g/mol. The Bertz CT molecular complexity index is 895. The second-order valence-electron chi connectivity index (χ2n) is 5.66. The van der Waals surface area contributed by atoms with Gasteiger partial charge in [0.15, 0.2) is 11.6 Å². The fourth-order valence-electron chi connectivity index (χ4n) is 3.00. The molecular weight excluding hydrogens is 320 g/mol. The third kappa shape index (κ3) is 2.71. The summed E-state index contributed by atoms with van der Waals surface area (Å²) in [4.78, 5) is 37.9. The molecule has 25 heavy (non-hydrogen) atoms. The first-order valence-corrected chi connectivity index (χ1v) is 8.16. The molecule has 3 rings (SSSR count). The van der Waals surface area contributed by atoms with Gasteiger partial charge in [-0.25, -0.2) is 0 Å².